The molecule has 0 bridgehead atoms. The molecule has 3 heterocycles. The SMILES string of the molecule is O=C(c1nccs1)[C@@]12Cc3cnn(-c4ccc(F)cc4)c3C=C1CCN(S(=O)(=O)c1ccc(C(F)(F)F)cc1)C2. The van der Waals surface area contributed by atoms with E-state index >= 15 is 0 Å². The van der Waals surface area contributed by atoms with E-state index < -0.39 is 33.0 Å². The van der Waals surface area contributed by atoms with E-state index in [2.05, 4.69) is 10.1 Å². The van der Waals surface area contributed by atoms with Crippen molar-refractivity contribution in [1.82, 2.24) is 19.1 Å². The molecular formula is C27H20F4N4O3S2. The van der Waals surface area contributed by atoms with E-state index in [9.17, 15) is 30.8 Å². The number of halogens is 4. The molecule has 1 aliphatic carbocycles. The molecule has 7 nitrogen and oxygen atoms in total. The molecule has 0 unspecified atom stereocenters. The van der Waals surface area contributed by atoms with Crippen molar-refractivity contribution in [2.24, 2.45) is 5.41 Å². The summed E-state index contributed by atoms with van der Waals surface area (Å²) in [5.41, 5.74) is 0.515. The first kappa shape index (κ1) is 26.5. The zero-order valence-corrected chi connectivity index (χ0v) is 22.2. The lowest BCUT2D eigenvalue weighted by molar-refractivity contribution is -0.137. The van der Waals surface area contributed by atoms with Crippen LogP contribution in [0.3, 0.4) is 0 Å². The third-order valence-corrected chi connectivity index (χ3v) is 9.96. The van der Waals surface area contributed by atoms with Crippen LogP contribution in [0.15, 0.2) is 76.8 Å². The van der Waals surface area contributed by atoms with Crippen LogP contribution in [0.25, 0.3) is 11.8 Å². The van der Waals surface area contributed by atoms with E-state index in [0.717, 1.165) is 39.9 Å². The van der Waals surface area contributed by atoms with Crippen LogP contribution < -0.4 is 0 Å². The second kappa shape index (κ2) is 9.46. The zero-order chi connectivity index (χ0) is 28.3. The summed E-state index contributed by atoms with van der Waals surface area (Å²) in [4.78, 5) is 17.9. The lowest BCUT2D eigenvalue weighted by atomic mass is 9.66. The number of hydrogen-bond acceptors (Lipinski definition) is 6. The summed E-state index contributed by atoms with van der Waals surface area (Å²) in [6, 6.07) is 9.15. The standard InChI is InChI=1S/C27H20F4N4O3S2/c28-20-3-5-21(6-4-20)35-23-13-19-9-11-34(40(37,38)22-7-1-18(2-8-22)27(29,30)31)16-26(19,14-17(23)15-33-35)24(36)25-32-10-12-39-25/h1-8,10,12-13,15H,9,11,14,16H2/t26-/m1/s1. The van der Waals surface area contributed by atoms with E-state index in [4.69, 9.17) is 0 Å². The van der Waals surface area contributed by atoms with Crippen molar-refractivity contribution < 1.29 is 30.8 Å². The van der Waals surface area contributed by atoms with Crippen molar-refractivity contribution in [3.05, 3.63) is 99.5 Å². The maximum atomic E-state index is 14.0. The van der Waals surface area contributed by atoms with Gasteiger partial charge < -0.3 is 0 Å². The Bertz CT molecular complexity index is 1730. The number of ketones is 1. The van der Waals surface area contributed by atoms with Crippen LogP contribution in [0.1, 0.15) is 33.0 Å². The van der Waals surface area contributed by atoms with Gasteiger partial charge in [0.15, 0.2) is 5.01 Å². The highest BCUT2D eigenvalue weighted by Gasteiger charge is 2.51. The number of thiazole rings is 1. The topological polar surface area (TPSA) is 85.2 Å². The monoisotopic (exact) mass is 588 g/mol. The smallest absolute Gasteiger partial charge is 0.290 e. The number of nitrogens with zero attached hydrogens (tertiary/aromatic N) is 4. The Morgan fingerprint density at radius 1 is 1.05 bits per heavy atom. The van der Waals surface area contributed by atoms with Crippen LogP contribution in [0.2, 0.25) is 0 Å². The minimum absolute atomic E-state index is 0.0299. The fourth-order valence-electron chi connectivity index (χ4n) is 5.31. The number of alkyl halides is 3. The summed E-state index contributed by atoms with van der Waals surface area (Å²) in [7, 11) is -4.22. The van der Waals surface area contributed by atoms with Crippen molar-refractivity contribution in [3.8, 4) is 5.69 Å². The van der Waals surface area contributed by atoms with Crippen molar-refractivity contribution in [2.75, 3.05) is 13.1 Å². The van der Waals surface area contributed by atoms with Crippen molar-refractivity contribution in [2.45, 2.75) is 23.9 Å². The molecule has 2 aromatic carbocycles. The third kappa shape index (κ3) is 4.38. The Balaban J connectivity index is 1.40. The minimum Gasteiger partial charge on any atom is -0.290 e. The number of aromatic nitrogens is 3. The number of hydrogen-bond donors (Lipinski definition) is 0. The second-order valence-electron chi connectivity index (χ2n) is 9.65. The normalized spacial score (nSPS) is 19.6. The summed E-state index contributed by atoms with van der Waals surface area (Å²) >= 11 is 1.15. The first-order valence-corrected chi connectivity index (χ1v) is 14.5. The highest BCUT2D eigenvalue weighted by Crippen LogP contribution is 2.47. The number of carbonyl (C=O) groups excluding carboxylic acids is 1. The molecule has 2 aliphatic rings. The van der Waals surface area contributed by atoms with E-state index in [1.54, 1.807) is 28.4 Å². The minimum atomic E-state index is -4.60. The molecule has 0 radical (unpaired) electrons. The number of rotatable bonds is 5. The highest BCUT2D eigenvalue weighted by atomic mass is 32.2. The van der Waals surface area contributed by atoms with E-state index in [0.29, 0.717) is 22.5 Å². The molecule has 13 heteroatoms. The summed E-state index contributed by atoms with van der Waals surface area (Å²) in [5.74, 6) is -0.723. The number of Topliss-reactive ketones (excluding diaryl/α,β-unsaturated/α-hetero) is 1. The average molecular weight is 589 g/mol. The number of fused-ring (bicyclic) bond motifs is 2. The van der Waals surface area contributed by atoms with E-state index in [1.165, 1.54) is 18.3 Å². The van der Waals surface area contributed by atoms with Crippen LogP contribution in [0.4, 0.5) is 17.6 Å². The van der Waals surface area contributed by atoms with Crippen molar-refractivity contribution in [3.63, 3.8) is 0 Å². The maximum absolute atomic E-state index is 14.0. The first-order chi connectivity index (χ1) is 19.0. The van der Waals surface area contributed by atoms with Crippen LogP contribution in [0, 0.1) is 11.2 Å². The fourth-order valence-corrected chi connectivity index (χ4v) is 7.49. The van der Waals surface area contributed by atoms with Crippen LogP contribution in [-0.2, 0) is 22.6 Å². The van der Waals surface area contributed by atoms with Crippen LogP contribution in [0.5, 0.6) is 0 Å². The quantitative estimate of drug-likeness (QED) is 0.231. The zero-order valence-electron chi connectivity index (χ0n) is 20.6. The van der Waals surface area contributed by atoms with Gasteiger partial charge >= 0.3 is 6.18 Å². The summed E-state index contributed by atoms with van der Waals surface area (Å²) in [6.07, 6.45) is 0.695. The predicted molar refractivity (Wildman–Crippen MR) is 139 cm³/mol. The molecule has 0 saturated carbocycles. The molecule has 1 fully saturated rings. The van der Waals surface area contributed by atoms with Gasteiger partial charge in [-0.1, -0.05) is 5.57 Å². The molecular weight excluding hydrogens is 568 g/mol. The summed E-state index contributed by atoms with van der Waals surface area (Å²) in [6.45, 7) is -0.177. The highest BCUT2D eigenvalue weighted by molar-refractivity contribution is 7.89. The Kier molecular flexibility index (Phi) is 6.28. The largest absolute Gasteiger partial charge is 0.416 e. The van der Waals surface area contributed by atoms with Gasteiger partial charge in [-0.2, -0.15) is 22.6 Å². The Morgan fingerprint density at radius 3 is 2.42 bits per heavy atom. The molecule has 4 aromatic rings. The van der Waals surface area contributed by atoms with Gasteiger partial charge in [0.1, 0.15) is 5.82 Å². The van der Waals surface area contributed by atoms with E-state index in [1.807, 2.05) is 6.08 Å². The third-order valence-electron chi connectivity index (χ3n) is 7.33. The van der Waals surface area contributed by atoms with Gasteiger partial charge in [-0.15, -0.1) is 11.3 Å². The van der Waals surface area contributed by atoms with Crippen LogP contribution >= 0.6 is 11.3 Å². The fraction of sp³-hybridized carbons (Fsp3) is 0.222. The Morgan fingerprint density at radius 2 is 1.77 bits per heavy atom. The molecule has 206 valence electrons. The van der Waals surface area contributed by atoms with Gasteiger partial charge in [0, 0.05) is 24.7 Å². The number of benzene rings is 2. The van der Waals surface area contributed by atoms with Gasteiger partial charge in [-0.25, -0.2) is 22.5 Å². The molecule has 40 heavy (non-hydrogen) atoms. The Hall–Kier alpha value is -3.68. The van der Waals surface area contributed by atoms with Gasteiger partial charge in [-0.05, 0) is 73.0 Å². The molecule has 0 amide bonds. The molecule has 1 aliphatic heterocycles. The predicted octanol–water partition coefficient (Wildman–Crippen LogP) is 5.39. The molecule has 0 spiro atoms. The second-order valence-corrected chi connectivity index (χ2v) is 12.5. The molecule has 1 saturated heterocycles. The molecule has 2 aromatic heterocycles. The Labute approximate surface area is 230 Å². The van der Waals surface area contributed by atoms with Crippen molar-refractivity contribution >= 4 is 33.2 Å². The van der Waals surface area contributed by atoms with Crippen molar-refractivity contribution in [1.29, 1.82) is 0 Å². The first-order valence-electron chi connectivity index (χ1n) is 12.1. The number of piperidine rings is 1. The maximum Gasteiger partial charge on any atom is 0.416 e. The molecule has 0 N–H and O–H groups in total. The molecule has 1 atom stereocenters. The number of carbonyl (C=O) groups is 1. The van der Waals surface area contributed by atoms with Gasteiger partial charge in [0.2, 0.25) is 15.8 Å². The van der Waals surface area contributed by atoms with Crippen LogP contribution in [-0.4, -0.2) is 46.4 Å². The lowest BCUT2D eigenvalue weighted by Gasteiger charge is -2.44. The van der Waals surface area contributed by atoms with Gasteiger partial charge in [0.05, 0.1) is 33.5 Å². The number of sulfonamides is 1. The average Bonchev–Trinajstić information content (AvgIpc) is 3.61. The van der Waals surface area contributed by atoms with E-state index in [-0.39, 0.29) is 41.6 Å². The van der Waals surface area contributed by atoms with Gasteiger partial charge in [0.25, 0.3) is 0 Å². The summed E-state index contributed by atoms with van der Waals surface area (Å²) < 4.78 is 82.6. The lowest BCUT2D eigenvalue weighted by Crippen LogP contribution is -2.53. The van der Waals surface area contributed by atoms with Gasteiger partial charge in [-0.3, -0.25) is 4.79 Å². The molecule has 6 rings (SSSR count). The summed E-state index contributed by atoms with van der Waals surface area (Å²) in [5, 5.41) is 6.34.